The van der Waals surface area contributed by atoms with Crippen molar-refractivity contribution in [3.63, 3.8) is 0 Å². The lowest BCUT2D eigenvalue weighted by Gasteiger charge is -2.35. The standard InChI is InChI=1S/C40H45F4N5O5.C39H44F3N5O5/c1-23-10-11-32(40(42,43)44)45-29(23)18-31(52)30-19-39-15-12-27(51)9-7-5-4-6-8-25-16-26(47-22-38(3,41)14-13-34(47)53)17-28-36(24(2)50)46-48(37(25)28)21-35(54)49(30)33(39)20-39;1-23-12-13-32(39(40,41)42)43-29(23)19-31(50)30-20-38-15-14-27(49)10-6-4-3-5-9-25-17-26(45-16-8-7-11-34(45)51)18-28-36(24(2)48)44-46(37(25)28)22-35(52)47(30)33(38)21-38/h10-11,16-17,30,33H,4-9,12-15,18-22H2,1-3H3;12-13,17-18,30,33H,3-11,14-16,19-22H2,1-2H3/t30-,33+,38?,39-;30-,33+,38-/m00/s1. The number of ketones is 6. The van der Waals surface area contributed by atoms with Crippen molar-refractivity contribution in [1.29, 1.82) is 0 Å². The van der Waals surface area contributed by atoms with Gasteiger partial charge in [-0.2, -0.15) is 36.5 Å². The predicted octanol–water partition coefficient (Wildman–Crippen LogP) is 13.3. The van der Waals surface area contributed by atoms with Gasteiger partial charge in [-0.3, -0.25) is 57.3 Å². The van der Waals surface area contributed by atoms with Crippen LogP contribution in [0.25, 0.3) is 21.8 Å². The van der Waals surface area contributed by atoms with Crippen LogP contribution in [0.5, 0.6) is 0 Å². The van der Waals surface area contributed by atoms with Crippen LogP contribution in [0.4, 0.5) is 42.1 Å². The first-order valence-electron chi connectivity index (χ1n) is 37.4. The monoisotopic (exact) mass is 1470 g/mol. The van der Waals surface area contributed by atoms with Gasteiger partial charge in [0.1, 0.15) is 53.1 Å². The third-order valence-electron chi connectivity index (χ3n) is 23.6. The van der Waals surface area contributed by atoms with Gasteiger partial charge in [0.05, 0.1) is 53.9 Å². The van der Waals surface area contributed by atoms with Crippen molar-refractivity contribution in [2.24, 2.45) is 10.8 Å². The van der Waals surface area contributed by atoms with Gasteiger partial charge in [-0.15, -0.1) is 0 Å². The Morgan fingerprint density at radius 2 is 0.906 bits per heavy atom. The minimum absolute atomic E-state index is 0.00800. The van der Waals surface area contributed by atoms with Crippen LogP contribution in [0.15, 0.2) is 48.5 Å². The molecule has 14 rings (SSSR count). The van der Waals surface area contributed by atoms with Gasteiger partial charge in [0.15, 0.2) is 23.1 Å². The van der Waals surface area contributed by atoms with Crippen molar-refractivity contribution in [3.05, 3.63) is 105 Å². The molecule has 6 fully saturated rings. The van der Waals surface area contributed by atoms with Crippen molar-refractivity contribution in [1.82, 2.24) is 39.3 Å². The summed E-state index contributed by atoms with van der Waals surface area (Å²) in [6, 6.07) is 9.13. The van der Waals surface area contributed by atoms with Crippen molar-refractivity contribution < 1.29 is 78.7 Å². The minimum atomic E-state index is -4.69. The van der Waals surface area contributed by atoms with Gasteiger partial charge < -0.3 is 19.6 Å². The van der Waals surface area contributed by atoms with Crippen molar-refractivity contribution >= 4 is 91.5 Å². The zero-order chi connectivity index (χ0) is 75.7. The Labute approximate surface area is 608 Å². The number of aryl methyl sites for hydroxylation is 4. The molecule has 0 N–H and O–H groups in total. The molecule has 2 aromatic carbocycles. The molecule has 6 aliphatic heterocycles. The zero-order valence-corrected chi connectivity index (χ0v) is 60.5. The summed E-state index contributed by atoms with van der Waals surface area (Å²) in [6.45, 7) is 7.28. The summed E-state index contributed by atoms with van der Waals surface area (Å²) in [6.07, 6.45) is 4.06. The molecule has 4 amide bonds. The van der Waals surface area contributed by atoms with Crippen molar-refractivity contribution in [2.75, 3.05) is 22.9 Å². The van der Waals surface area contributed by atoms with Crippen molar-refractivity contribution in [3.8, 4) is 0 Å². The summed E-state index contributed by atoms with van der Waals surface area (Å²) in [7, 11) is 0. The number of carbonyl (C=O) groups is 10. The first kappa shape index (κ1) is 75.3. The highest BCUT2D eigenvalue weighted by atomic mass is 19.4. The molecule has 1 unspecified atom stereocenters. The summed E-state index contributed by atoms with van der Waals surface area (Å²) >= 11 is 0. The van der Waals surface area contributed by atoms with E-state index in [1.807, 2.05) is 18.2 Å². The van der Waals surface area contributed by atoms with E-state index in [1.54, 1.807) is 34.4 Å². The molecule has 4 bridgehead atoms. The summed E-state index contributed by atoms with van der Waals surface area (Å²) in [5.74, 6) is -2.23. The average molecular weight is 1470 g/mol. The van der Waals surface area contributed by atoms with Gasteiger partial charge in [0.25, 0.3) is 0 Å². The third kappa shape index (κ3) is 15.5. The van der Waals surface area contributed by atoms with Crippen LogP contribution in [-0.4, -0.2) is 141 Å². The first-order valence-corrected chi connectivity index (χ1v) is 37.4. The number of piperidine rings is 4. The van der Waals surface area contributed by atoms with Crippen LogP contribution >= 0.6 is 0 Å². The maximum absolute atomic E-state index is 15.2. The quantitative estimate of drug-likeness (QED) is 0.0915. The number of benzene rings is 2. The number of pyridine rings is 2. The number of nitrogens with zero attached hydrogens (tertiary/aromatic N) is 10. The highest BCUT2D eigenvalue weighted by molar-refractivity contribution is 6.09. The van der Waals surface area contributed by atoms with Gasteiger partial charge in [-0.05, 0) is 187 Å². The molecular weight excluding hydrogens is 1380 g/mol. The zero-order valence-electron chi connectivity index (χ0n) is 60.5. The molecule has 2 aliphatic carbocycles. The summed E-state index contributed by atoms with van der Waals surface area (Å²) in [5, 5.41) is 10.3. The van der Waals surface area contributed by atoms with E-state index in [0.29, 0.717) is 141 Å². The van der Waals surface area contributed by atoms with Crippen LogP contribution in [0.3, 0.4) is 0 Å². The number of halogens is 7. The Balaban J connectivity index is 0.000000188. The lowest BCUT2D eigenvalue weighted by atomic mass is 9.89. The first-order chi connectivity index (χ1) is 50.2. The molecule has 4 aromatic heterocycles. The van der Waals surface area contributed by atoms with E-state index in [4.69, 9.17) is 0 Å². The Bertz CT molecular complexity index is 4600. The van der Waals surface area contributed by atoms with Crippen LogP contribution in [-0.2, 0) is 89.5 Å². The van der Waals surface area contributed by atoms with Gasteiger partial charge in [0, 0.05) is 93.1 Å². The molecule has 0 spiro atoms. The molecule has 2 saturated carbocycles. The van der Waals surface area contributed by atoms with E-state index in [1.165, 1.54) is 47.4 Å². The normalized spacial score (nSPS) is 25.8. The molecule has 0 radical (unpaired) electrons. The summed E-state index contributed by atoms with van der Waals surface area (Å²) < 4.78 is 99.5. The second-order valence-electron chi connectivity index (χ2n) is 31.3. The Hall–Kier alpha value is -8.91. The molecule has 6 aromatic rings. The number of rotatable bonds is 10. The highest BCUT2D eigenvalue weighted by Gasteiger charge is 2.68. The molecule has 106 heavy (non-hydrogen) atoms. The second kappa shape index (κ2) is 29.3. The van der Waals surface area contributed by atoms with Crippen LogP contribution in [0.1, 0.15) is 234 Å². The van der Waals surface area contributed by atoms with Gasteiger partial charge in [-0.1, -0.05) is 37.8 Å². The molecule has 564 valence electrons. The van der Waals surface area contributed by atoms with E-state index in [-0.39, 0.29) is 121 Å². The number of Topliss-reactive ketones (excluding diaryl/α,β-unsaturated/α-hetero) is 6. The van der Waals surface area contributed by atoms with E-state index < -0.39 is 76.2 Å². The summed E-state index contributed by atoms with van der Waals surface area (Å²) in [5.41, 5.74) is 0.430. The number of hydrogen-bond acceptors (Lipinski definition) is 14. The van der Waals surface area contributed by atoms with E-state index in [9.17, 15) is 74.3 Å². The molecule has 8 aliphatic rings. The number of anilines is 2. The summed E-state index contributed by atoms with van der Waals surface area (Å²) in [4.78, 5) is 149. The fourth-order valence-electron chi connectivity index (χ4n) is 17.6. The van der Waals surface area contributed by atoms with Crippen molar-refractivity contribution in [2.45, 2.75) is 263 Å². The Morgan fingerprint density at radius 1 is 0.491 bits per heavy atom. The van der Waals surface area contributed by atoms with Gasteiger partial charge in [-0.25, -0.2) is 14.4 Å². The maximum Gasteiger partial charge on any atom is 0.433 e. The number of carbonyl (C=O) groups excluding carboxylic acids is 10. The van der Waals surface area contributed by atoms with E-state index in [0.717, 1.165) is 74.6 Å². The molecule has 10 heterocycles. The lowest BCUT2D eigenvalue weighted by molar-refractivity contribution is -0.142. The van der Waals surface area contributed by atoms with Gasteiger partial charge >= 0.3 is 12.4 Å². The molecule has 7 atom stereocenters. The molecular formula is C79H89F7N10O10. The van der Waals surface area contributed by atoms with Gasteiger partial charge in [0.2, 0.25) is 23.6 Å². The number of alkyl halides is 7. The lowest BCUT2D eigenvalue weighted by Crippen LogP contribution is -2.47. The fraction of sp³-hybridized carbons (Fsp3) is 0.570. The SMILES string of the molecule is CC(=O)c1nn2c3c(cc(N4CC(C)(F)CCC4=O)cc13)CCCCCCC(=O)CC[C@@]13C[C@@H](C(=O)Cc4nc(C(F)(F)F)ccc4C)N(C(=O)C2)[C@@H]1C3.CC(=O)c1nn2c3c(cc(N4CCCCC4=O)cc13)CCCCCCC(=O)CC[C@@]13C[C@@H](C(=O)Cc4nc(C(F)(F)F)ccc4C)N(C(=O)C2)[C@@H]1C3. The number of hydrogen-bond donors (Lipinski definition) is 0. The minimum Gasteiger partial charge on any atom is -0.327 e. The second-order valence-corrected chi connectivity index (χ2v) is 31.3. The van der Waals surface area contributed by atoms with Crippen LogP contribution < -0.4 is 9.80 Å². The number of aromatic nitrogens is 6. The fourth-order valence-corrected chi connectivity index (χ4v) is 17.6. The molecule has 20 nitrogen and oxygen atoms in total. The predicted molar refractivity (Wildman–Crippen MR) is 376 cm³/mol. The smallest absolute Gasteiger partial charge is 0.327 e. The van der Waals surface area contributed by atoms with E-state index >= 15 is 4.39 Å². The number of amides is 4. The Kier molecular flexibility index (Phi) is 20.8. The highest BCUT2D eigenvalue weighted by Crippen LogP contribution is 2.64. The molecule has 27 heteroatoms. The Morgan fingerprint density at radius 3 is 1.33 bits per heavy atom. The molecule has 4 saturated heterocycles. The topological polar surface area (TPSA) is 245 Å². The van der Waals surface area contributed by atoms with Crippen LogP contribution in [0, 0.1) is 24.7 Å². The third-order valence-corrected chi connectivity index (χ3v) is 23.6. The van der Waals surface area contributed by atoms with Crippen LogP contribution in [0.2, 0.25) is 0 Å². The maximum atomic E-state index is 15.2. The average Bonchev–Trinajstić information content (AvgIpc) is 1.54. The van der Waals surface area contributed by atoms with E-state index in [2.05, 4.69) is 20.2 Å². The largest absolute Gasteiger partial charge is 0.433 e.